The van der Waals surface area contributed by atoms with Crippen molar-refractivity contribution in [2.45, 2.75) is 26.1 Å². The highest BCUT2D eigenvalue weighted by molar-refractivity contribution is 5.61. The second-order valence-electron chi connectivity index (χ2n) is 2.68. The molecule has 0 aromatic heterocycles. The first-order valence-corrected chi connectivity index (χ1v) is 3.63. The maximum Gasteiger partial charge on any atom is 0.508 e. The fourth-order valence-electron chi connectivity index (χ4n) is 0.747. The molecule has 0 saturated carbocycles. The van der Waals surface area contributed by atoms with Gasteiger partial charge in [0.2, 0.25) is 0 Å². The van der Waals surface area contributed by atoms with Gasteiger partial charge in [0.25, 0.3) is 0 Å². The third-order valence-corrected chi connectivity index (χ3v) is 1.27. The van der Waals surface area contributed by atoms with Gasteiger partial charge < -0.3 is 14.2 Å². The first-order valence-electron chi connectivity index (χ1n) is 3.63. The van der Waals surface area contributed by atoms with Gasteiger partial charge in [-0.3, -0.25) is 0 Å². The second-order valence-corrected chi connectivity index (χ2v) is 2.68. The average molecular weight is 160 g/mol. The van der Waals surface area contributed by atoms with Crippen LogP contribution in [0, 0.1) is 0 Å². The maximum atomic E-state index is 10.4. The van der Waals surface area contributed by atoms with E-state index in [9.17, 15) is 4.79 Å². The third kappa shape index (κ3) is 2.76. The second kappa shape index (κ2) is 3.57. The summed E-state index contributed by atoms with van der Waals surface area (Å²) in [4.78, 5) is 10.4. The number of hydrogen-bond acceptors (Lipinski definition) is 4. The average Bonchev–Trinajstić information content (AvgIpc) is 2.31. The summed E-state index contributed by atoms with van der Waals surface area (Å²) in [5.74, 6) is 0. The zero-order valence-corrected chi connectivity index (χ0v) is 6.70. The van der Waals surface area contributed by atoms with Crippen LogP contribution in [-0.2, 0) is 14.2 Å². The molecule has 1 atom stereocenters. The summed E-state index contributed by atoms with van der Waals surface area (Å²) in [6.07, 6.45) is -0.651. The van der Waals surface area contributed by atoms with E-state index in [0.717, 1.165) is 0 Å². The van der Waals surface area contributed by atoms with Crippen LogP contribution in [0.1, 0.15) is 13.8 Å². The Morgan fingerprint density at radius 1 is 1.73 bits per heavy atom. The molecular formula is C7H12O4. The number of cyclic esters (lactones) is 2. The standard InChI is InChI=1S/C7H12O4/c1-5(2)9-3-6-4-10-7(8)11-6/h5-6H,3-4H2,1-2H3/t6-/m1/s1. The molecule has 1 aliphatic heterocycles. The van der Waals surface area contributed by atoms with E-state index in [0.29, 0.717) is 13.2 Å². The van der Waals surface area contributed by atoms with Gasteiger partial charge in [-0.1, -0.05) is 0 Å². The zero-order valence-electron chi connectivity index (χ0n) is 6.70. The van der Waals surface area contributed by atoms with E-state index in [2.05, 4.69) is 4.74 Å². The van der Waals surface area contributed by atoms with Gasteiger partial charge in [-0.15, -0.1) is 0 Å². The van der Waals surface area contributed by atoms with Gasteiger partial charge in [-0.25, -0.2) is 4.79 Å². The Balaban J connectivity index is 2.13. The molecular weight excluding hydrogens is 148 g/mol. The molecule has 0 amide bonds. The molecule has 0 radical (unpaired) electrons. The summed E-state index contributed by atoms with van der Waals surface area (Å²) >= 11 is 0. The van der Waals surface area contributed by atoms with Crippen molar-refractivity contribution in [1.29, 1.82) is 0 Å². The van der Waals surface area contributed by atoms with E-state index >= 15 is 0 Å². The minimum Gasteiger partial charge on any atom is -0.430 e. The van der Waals surface area contributed by atoms with Crippen molar-refractivity contribution in [3.8, 4) is 0 Å². The van der Waals surface area contributed by atoms with E-state index in [1.54, 1.807) is 0 Å². The van der Waals surface area contributed by atoms with E-state index < -0.39 is 6.16 Å². The van der Waals surface area contributed by atoms with Crippen LogP contribution in [0.25, 0.3) is 0 Å². The number of carbonyl (C=O) groups is 1. The molecule has 1 heterocycles. The Kier molecular flexibility index (Phi) is 2.70. The van der Waals surface area contributed by atoms with Crippen LogP contribution < -0.4 is 0 Å². The van der Waals surface area contributed by atoms with Crippen LogP contribution in [0.3, 0.4) is 0 Å². The lowest BCUT2D eigenvalue weighted by molar-refractivity contribution is 0.0152. The van der Waals surface area contributed by atoms with Gasteiger partial charge in [-0.05, 0) is 13.8 Å². The van der Waals surface area contributed by atoms with Crippen molar-refractivity contribution in [1.82, 2.24) is 0 Å². The summed E-state index contributed by atoms with van der Waals surface area (Å²) in [5, 5.41) is 0. The molecule has 4 nitrogen and oxygen atoms in total. The topological polar surface area (TPSA) is 44.8 Å². The zero-order chi connectivity index (χ0) is 8.27. The molecule has 0 bridgehead atoms. The lowest BCUT2D eigenvalue weighted by atomic mass is 10.4. The fourth-order valence-corrected chi connectivity index (χ4v) is 0.747. The van der Waals surface area contributed by atoms with E-state index in [4.69, 9.17) is 9.47 Å². The highest BCUT2D eigenvalue weighted by Gasteiger charge is 2.24. The molecule has 11 heavy (non-hydrogen) atoms. The summed E-state index contributed by atoms with van der Waals surface area (Å²) in [5.41, 5.74) is 0. The first kappa shape index (κ1) is 8.33. The Bertz CT molecular complexity index is 143. The van der Waals surface area contributed by atoms with Gasteiger partial charge in [0.1, 0.15) is 6.61 Å². The SMILES string of the molecule is CC(C)OC[C@@H]1COC(=O)O1. The molecule has 1 aliphatic rings. The van der Waals surface area contributed by atoms with Crippen molar-refractivity contribution >= 4 is 6.16 Å². The largest absolute Gasteiger partial charge is 0.508 e. The predicted octanol–water partition coefficient (Wildman–Crippen LogP) is 0.947. The molecule has 0 aromatic rings. The lowest BCUT2D eigenvalue weighted by Crippen LogP contribution is -2.20. The summed E-state index contributed by atoms with van der Waals surface area (Å²) < 4.78 is 14.5. The Morgan fingerprint density at radius 3 is 2.91 bits per heavy atom. The van der Waals surface area contributed by atoms with Crippen molar-refractivity contribution in [2.24, 2.45) is 0 Å². The molecule has 64 valence electrons. The van der Waals surface area contributed by atoms with Crippen LogP contribution in [0.5, 0.6) is 0 Å². The van der Waals surface area contributed by atoms with Gasteiger partial charge in [0, 0.05) is 0 Å². The molecule has 0 N–H and O–H groups in total. The van der Waals surface area contributed by atoms with E-state index in [1.165, 1.54) is 0 Å². The number of ether oxygens (including phenoxy) is 3. The highest BCUT2D eigenvalue weighted by Crippen LogP contribution is 2.06. The van der Waals surface area contributed by atoms with Gasteiger partial charge in [-0.2, -0.15) is 0 Å². The minimum atomic E-state index is -0.595. The molecule has 0 aliphatic carbocycles. The van der Waals surface area contributed by atoms with Crippen molar-refractivity contribution in [3.63, 3.8) is 0 Å². The van der Waals surface area contributed by atoms with E-state index in [-0.39, 0.29) is 12.2 Å². The summed E-state index contributed by atoms with van der Waals surface area (Å²) in [6, 6.07) is 0. The molecule has 0 aromatic carbocycles. The first-order chi connectivity index (χ1) is 5.18. The molecule has 1 fully saturated rings. The van der Waals surface area contributed by atoms with Crippen LogP contribution in [-0.4, -0.2) is 31.6 Å². The van der Waals surface area contributed by atoms with Crippen molar-refractivity contribution < 1.29 is 19.0 Å². The summed E-state index contributed by atoms with van der Waals surface area (Å²) in [7, 11) is 0. The monoisotopic (exact) mass is 160 g/mol. The molecule has 4 heteroatoms. The minimum absolute atomic E-state index is 0.161. The number of rotatable bonds is 3. The number of carbonyl (C=O) groups excluding carboxylic acids is 1. The third-order valence-electron chi connectivity index (χ3n) is 1.27. The van der Waals surface area contributed by atoms with Crippen LogP contribution >= 0.6 is 0 Å². The lowest BCUT2D eigenvalue weighted by Gasteiger charge is -2.09. The number of hydrogen-bond donors (Lipinski definition) is 0. The van der Waals surface area contributed by atoms with Gasteiger partial charge >= 0.3 is 6.16 Å². The molecule has 1 saturated heterocycles. The van der Waals surface area contributed by atoms with Crippen LogP contribution in [0.2, 0.25) is 0 Å². The van der Waals surface area contributed by atoms with Crippen molar-refractivity contribution in [3.05, 3.63) is 0 Å². The summed E-state index contributed by atoms with van der Waals surface area (Å²) in [6.45, 7) is 4.59. The molecule has 0 spiro atoms. The Hall–Kier alpha value is -0.770. The fraction of sp³-hybridized carbons (Fsp3) is 0.857. The predicted molar refractivity (Wildman–Crippen MR) is 37.3 cm³/mol. The van der Waals surface area contributed by atoms with Gasteiger partial charge in [0.15, 0.2) is 6.10 Å². The maximum absolute atomic E-state index is 10.4. The quantitative estimate of drug-likeness (QED) is 0.576. The van der Waals surface area contributed by atoms with Crippen molar-refractivity contribution in [2.75, 3.05) is 13.2 Å². The highest BCUT2D eigenvalue weighted by atomic mass is 16.8. The smallest absolute Gasteiger partial charge is 0.430 e. The van der Waals surface area contributed by atoms with Gasteiger partial charge in [0.05, 0.1) is 12.7 Å². The van der Waals surface area contributed by atoms with E-state index in [1.807, 2.05) is 13.8 Å². The Labute approximate surface area is 65.4 Å². The molecule has 0 unspecified atom stereocenters. The van der Waals surface area contributed by atoms with Crippen LogP contribution in [0.4, 0.5) is 4.79 Å². The van der Waals surface area contributed by atoms with Crippen LogP contribution in [0.15, 0.2) is 0 Å². The normalized spacial score (nSPS) is 23.5. The Morgan fingerprint density at radius 2 is 2.45 bits per heavy atom. The molecule has 1 rings (SSSR count).